The van der Waals surface area contributed by atoms with Crippen molar-refractivity contribution in [1.29, 1.82) is 0 Å². The summed E-state index contributed by atoms with van der Waals surface area (Å²) in [5, 5.41) is 0. The Kier molecular flexibility index (Phi) is 7.19. The van der Waals surface area contributed by atoms with Crippen LogP contribution in [0.2, 0.25) is 0 Å². The van der Waals surface area contributed by atoms with Crippen molar-refractivity contribution >= 4 is 12.1 Å². The molecule has 29 heavy (non-hydrogen) atoms. The van der Waals surface area contributed by atoms with Crippen molar-refractivity contribution in [3.05, 3.63) is 34.9 Å². The van der Waals surface area contributed by atoms with Crippen molar-refractivity contribution in [3.8, 4) is 0 Å². The molecule has 0 spiro atoms. The molecule has 0 radical (unpaired) electrons. The Bertz CT molecular complexity index is 732. The summed E-state index contributed by atoms with van der Waals surface area (Å²) in [5.41, 5.74) is -1.35. The number of rotatable bonds is 4. The number of hydrogen-bond donors (Lipinski definition) is 0. The normalized spacial score (nSPS) is 15.9. The van der Waals surface area contributed by atoms with E-state index in [0.717, 1.165) is 6.07 Å². The highest BCUT2D eigenvalue weighted by Gasteiger charge is 2.35. The molecule has 1 fully saturated rings. The third-order valence-corrected chi connectivity index (χ3v) is 4.70. The Balaban J connectivity index is 2.07. The van der Waals surface area contributed by atoms with Crippen LogP contribution in [0.3, 0.4) is 0 Å². The van der Waals surface area contributed by atoms with Crippen LogP contribution in [0.1, 0.15) is 62.0 Å². The molecular formula is C21H28F3NO4. The minimum absolute atomic E-state index is 0.0169. The van der Waals surface area contributed by atoms with Crippen molar-refractivity contribution in [2.75, 3.05) is 19.7 Å². The van der Waals surface area contributed by atoms with Crippen LogP contribution in [0.15, 0.2) is 18.2 Å². The number of hydrogen-bond acceptors (Lipinski definition) is 4. The van der Waals surface area contributed by atoms with E-state index in [9.17, 15) is 22.8 Å². The lowest BCUT2D eigenvalue weighted by Crippen LogP contribution is -2.42. The molecule has 162 valence electrons. The van der Waals surface area contributed by atoms with Crippen LogP contribution in [0.4, 0.5) is 18.0 Å². The minimum atomic E-state index is -4.56. The van der Waals surface area contributed by atoms with Gasteiger partial charge in [0, 0.05) is 13.1 Å². The SMILES string of the molecule is CCOC(=O)c1ccc(CC2CCN(C(=O)OC(C)(C)C)CC2)c(C(F)(F)F)c1. The summed E-state index contributed by atoms with van der Waals surface area (Å²) in [6, 6.07) is 3.59. The summed E-state index contributed by atoms with van der Waals surface area (Å²) in [7, 11) is 0. The number of piperidine rings is 1. The fraction of sp³-hybridized carbons (Fsp3) is 0.619. The molecule has 1 saturated heterocycles. The van der Waals surface area contributed by atoms with Gasteiger partial charge in [0.1, 0.15) is 5.60 Å². The molecule has 0 atom stereocenters. The zero-order valence-electron chi connectivity index (χ0n) is 17.3. The first kappa shape index (κ1) is 23.0. The zero-order chi connectivity index (χ0) is 21.8. The molecule has 1 aromatic carbocycles. The summed E-state index contributed by atoms with van der Waals surface area (Å²) in [6.07, 6.45) is -3.53. The first-order chi connectivity index (χ1) is 13.4. The molecule has 2 rings (SSSR count). The Hall–Kier alpha value is -2.25. The maximum atomic E-state index is 13.5. The smallest absolute Gasteiger partial charge is 0.416 e. The maximum absolute atomic E-state index is 13.5. The number of carbonyl (C=O) groups is 2. The van der Waals surface area contributed by atoms with Crippen molar-refractivity contribution in [3.63, 3.8) is 0 Å². The van der Waals surface area contributed by atoms with Gasteiger partial charge in [0.15, 0.2) is 0 Å². The molecule has 1 aliphatic heterocycles. The lowest BCUT2D eigenvalue weighted by atomic mass is 9.88. The van der Waals surface area contributed by atoms with Crippen LogP contribution in [0.5, 0.6) is 0 Å². The summed E-state index contributed by atoms with van der Waals surface area (Å²) in [5.74, 6) is -0.751. The van der Waals surface area contributed by atoms with Crippen molar-refractivity contribution in [2.24, 2.45) is 5.92 Å². The second-order valence-corrected chi connectivity index (χ2v) is 8.21. The number of esters is 1. The number of likely N-dealkylation sites (tertiary alicyclic amines) is 1. The highest BCUT2D eigenvalue weighted by Crippen LogP contribution is 2.35. The van der Waals surface area contributed by atoms with Gasteiger partial charge in [-0.25, -0.2) is 9.59 Å². The van der Waals surface area contributed by atoms with Crippen LogP contribution < -0.4 is 0 Å². The molecule has 5 nitrogen and oxygen atoms in total. The molecule has 8 heteroatoms. The Morgan fingerprint density at radius 3 is 2.28 bits per heavy atom. The van der Waals surface area contributed by atoms with E-state index in [2.05, 4.69) is 0 Å². The summed E-state index contributed by atoms with van der Waals surface area (Å²) in [4.78, 5) is 25.5. The summed E-state index contributed by atoms with van der Waals surface area (Å²) >= 11 is 0. The van der Waals surface area contributed by atoms with Crippen LogP contribution in [-0.4, -0.2) is 42.3 Å². The van der Waals surface area contributed by atoms with E-state index in [4.69, 9.17) is 9.47 Å². The third-order valence-electron chi connectivity index (χ3n) is 4.70. The Labute approximate surface area is 169 Å². The number of alkyl halides is 3. The largest absolute Gasteiger partial charge is 0.462 e. The summed E-state index contributed by atoms with van der Waals surface area (Å²) < 4.78 is 50.8. The van der Waals surface area contributed by atoms with Gasteiger partial charge in [-0.15, -0.1) is 0 Å². The van der Waals surface area contributed by atoms with Gasteiger partial charge in [0.05, 0.1) is 17.7 Å². The number of amides is 1. The number of halogens is 3. The van der Waals surface area contributed by atoms with Gasteiger partial charge in [-0.1, -0.05) is 6.07 Å². The van der Waals surface area contributed by atoms with E-state index in [1.807, 2.05) is 0 Å². The molecule has 0 bridgehead atoms. The molecule has 1 aliphatic rings. The van der Waals surface area contributed by atoms with Crippen LogP contribution >= 0.6 is 0 Å². The van der Waals surface area contributed by atoms with Crippen molar-refractivity contribution in [1.82, 2.24) is 4.90 Å². The highest BCUT2D eigenvalue weighted by atomic mass is 19.4. The zero-order valence-corrected chi connectivity index (χ0v) is 17.3. The third kappa shape index (κ3) is 6.65. The van der Waals surface area contributed by atoms with Crippen LogP contribution in [0.25, 0.3) is 0 Å². The van der Waals surface area contributed by atoms with E-state index < -0.39 is 29.4 Å². The number of nitrogens with zero attached hydrogens (tertiary/aromatic N) is 1. The predicted molar refractivity (Wildman–Crippen MR) is 102 cm³/mol. The Morgan fingerprint density at radius 2 is 1.76 bits per heavy atom. The number of benzene rings is 1. The minimum Gasteiger partial charge on any atom is -0.462 e. The molecule has 0 aliphatic carbocycles. The predicted octanol–water partition coefficient (Wildman–Crippen LogP) is 5.07. The van der Waals surface area contributed by atoms with Crippen LogP contribution in [0, 0.1) is 5.92 Å². The van der Waals surface area contributed by atoms with E-state index in [0.29, 0.717) is 25.9 Å². The average Bonchev–Trinajstić information content (AvgIpc) is 2.60. The molecular weight excluding hydrogens is 387 g/mol. The average molecular weight is 415 g/mol. The molecule has 0 aromatic heterocycles. The van der Waals surface area contributed by atoms with E-state index in [1.165, 1.54) is 12.1 Å². The van der Waals surface area contributed by atoms with Gasteiger partial charge in [0.2, 0.25) is 0 Å². The standard InChI is InChI=1S/C21H28F3NO4/c1-5-28-18(26)16-7-6-15(17(13-16)21(22,23)24)12-14-8-10-25(11-9-14)19(27)29-20(2,3)4/h6-7,13-14H,5,8-12H2,1-4H3. The quantitative estimate of drug-likeness (QED) is 0.644. The van der Waals surface area contributed by atoms with Crippen molar-refractivity contribution < 1.29 is 32.2 Å². The van der Waals surface area contributed by atoms with Crippen molar-refractivity contribution in [2.45, 2.75) is 58.7 Å². The molecule has 0 saturated carbocycles. The van der Waals surface area contributed by atoms with E-state index in [1.54, 1.807) is 32.6 Å². The van der Waals surface area contributed by atoms with Gasteiger partial charge in [-0.05, 0) is 70.6 Å². The van der Waals surface area contributed by atoms with Gasteiger partial charge in [-0.2, -0.15) is 13.2 Å². The van der Waals surface area contributed by atoms with Crippen LogP contribution in [-0.2, 0) is 22.1 Å². The van der Waals surface area contributed by atoms with E-state index >= 15 is 0 Å². The van der Waals surface area contributed by atoms with Gasteiger partial charge >= 0.3 is 18.2 Å². The molecule has 1 heterocycles. The lowest BCUT2D eigenvalue weighted by Gasteiger charge is -2.33. The number of carbonyl (C=O) groups excluding carboxylic acids is 2. The topological polar surface area (TPSA) is 55.8 Å². The van der Waals surface area contributed by atoms with E-state index in [-0.39, 0.29) is 30.1 Å². The second kappa shape index (κ2) is 9.05. The maximum Gasteiger partial charge on any atom is 0.416 e. The Morgan fingerprint density at radius 1 is 1.14 bits per heavy atom. The van der Waals surface area contributed by atoms with Gasteiger partial charge in [0.25, 0.3) is 0 Å². The first-order valence-corrected chi connectivity index (χ1v) is 9.76. The number of ether oxygens (including phenoxy) is 2. The molecule has 0 unspecified atom stereocenters. The molecule has 1 aromatic rings. The fourth-order valence-corrected chi connectivity index (χ4v) is 3.32. The van der Waals surface area contributed by atoms with Gasteiger partial charge in [-0.3, -0.25) is 0 Å². The fourth-order valence-electron chi connectivity index (χ4n) is 3.32. The highest BCUT2D eigenvalue weighted by molar-refractivity contribution is 5.89. The van der Waals surface area contributed by atoms with Gasteiger partial charge < -0.3 is 14.4 Å². The monoisotopic (exact) mass is 415 g/mol. The lowest BCUT2D eigenvalue weighted by molar-refractivity contribution is -0.138. The first-order valence-electron chi connectivity index (χ1n) is 9.76. The summed E-state index contributed by atoms with van der Waals surface area (Å²) in [6.45, 7) is 7.95. The molecule has 1 amide bonds. The molecule has 0 N–H and O–H groups in total. The second-order valence-electron chi connectivity index (χ2n) is 8.21.